The largest absolute Gasteiger partial charge is 0.459 e. The van der Waals surface area contributed by atoms with Crippen molar-refractivity contribution in [2.75, 3.05) is 6.54 Å². The van der Waals surface area contributed by atoms with Crippen molar-refractivity contribution < 1.29 is 22.7 Å². The monoisotopic (exact) mass is 478 g/mol. The van der Waals surface area contributed by atoms with Crippen molar-refractivity contribution in [2.24, 2.45) is 0 Å². The number of nitrogens with zero attached hydrogens (tertiary/aromatic N) is 3. The molecular formula is C23H25ClF2N4O3. The number of nitrogens with one attached hydrogen (secondary N) is 1. The van der Waals surface area contributed by atoms with E-state index in [1.807, 2.05) is 26.0 Å². The second-order valence-electron chi connectivity index (χ2n) is 7.49. The number of benzene rings is 1. The molecule has 3 heterocycles. The summed E-state index contributed by atoms with van der Waals surface area (Å²) in [5.74, 6) is -0.820. The standard InChI is InChI=1S/C16H21F2N3O2.C7H4ClNO/c1-4-10(2)8-23-14(11(3)15(17)18)16(22)21-6-5-12-13(7-21)20-9-19-12;8-5-2-1-3-6-7(5)10-4-9-6/h8-9,15H,4-7H2,1-3H3,(H,19,20);1-4H/b10-8?,14-11+;. The van der Waals surface area contributed by atoms with E-state index in [-0.39, 0.29) is 11.3 Å². The van der Waals surface area contributed by atoms with Crippen LogP contribution >= 0.6 is 11.6 Å². The fourth-order valence-electron chi connectivity index (χ4n) is 3.04. The number of aromatic nitrogens is 3. The number of carbonyl (C=O) groups excluding carboxylic acids is 1. The highest BCUT2D eigenvalue weighted by Gasteiger charge is 2.28. The van der Waals surface area contributed by atoms with Crippen molar-refractivity contribution in [1.82, 2.24) is 19.9 Å². The number of imidazole rings is 1. The van der Waals surface area contributed by atoms with E-state index in [0.29, 0.717) is 30.1 Å². The van der Waals surface area contributed by atoms with Gasteiger partial charge in [0.15, 0.2) is 17.7 Å². The maximum absolute atomic E-state index is 13.1. The van der Waals surface area contributed by atoms with Crippen LogP contribution in [-0.4, -0.2) is 38.7 Å². The zero-order valence-corrected chi connectivity index (χ0v) is 19.3. The predicted octanol–water partition coefficient (Wildman–Crippen LogP) is 5.65. The molecule has 0 atom stereocenters. The van der Waals surface area contributed by atoms with Crippen molar-refractivity contribution in [3.63, 3.8) is 0 Å². The second-order valence-corrected chi connectivity index (χ2v) is 7.90. The first-order chi connectivity index (χ1) is 15.8. The van der Waals surface area contributed by atoms with Crippen molar-refractivity contribution in [3.05, 3.63) is 70.5 Å². The van der Waals surface area contributed by atoms with Gasteiger partial charge in [0.05, 0.1) is 35.5 Å². The van der Waals surface area contributed by atoms with Gasteiger partial charge in [-0.2, -0.15) is 0 Å². The molecule has 1 amide bonds. The van der Waals surface area contributed by atoms with E-state index < -0.39 is 12.3 Å². The number of allylic oxidation sites excluding steroid dienone is 2. The first-order valence-electron chi connectivity index (χ1n) is 10.4. The van der Waals surface area contributed by atoms with Crippen LogP contribution in [0, 0.1) is 0 Å². The van der Waals surface area contributed by atoms with Crippen LogP contribution in [0.3, 0.4) is 0 Å². The van der Waals surface area contributed by atoms with Gasteiger partial charge in [0.1, 0.15) is 5.52 Å². The lowest BCUT2D eigenvalue weighted by Gasteiger charge is -2.27. The highest BCUT2D eigenvalue weighted by Crippen LogP contribution is 2.23. The summed E-state index contributed by atoms with van der Waals surface area (Å²) < 4.78 is 36.4. The molecule has 0 spiro atoms. The molecule has 0 radical (unpaired) electrons. The van der Waals surface area contributed by atoms with Crippen LogP contribution in [0.15, 0.2) is 58.5 Å². The van der Waals surface area contributed by atoms with E-state index in [9.17, 15) is 13.6 Å². The van der Waals surface area contributed by atoms with Crippen LogP contribution in [0.5, 0.6) is 0 Å². The molecule has 1 aliphatic rings. The molecule has 1 N–H and O–H groups in total. The SMILES string of the molecule is CCC(C)=CO/C(C(=O)N1CCc2nc[nH]c2C1)=C(\C)C(F)F.Clc1cccc2ncoc12. The van der Waals surface area contributed by atoms with Crippen molar-refractivity contribution in [2.45, 2.75) is 46.6 Å². The zero-order valence-electron chi connectivity index (χ0n) is 18.6. The second kappa shape index (κ2) is 11.1. The van der Waals surface area contributed by atoms with Crippen LogP contribution in [0.25, 0.3) is 11.1 Å². The number of ether oxygens (including phenoxy) is 1. The number of hydrogen-bond acceptors (Lipinski definition) is 5. The van der Waals surface area contributed by atoms with Crippen LogP contribution in [0.2, 0.25) is 5.02 Å². The van der Waals surface area contributed by atoms with Crippen LogP contribution in [0.1, 0.15) is 38.6 Å². The highest BCUT2D eigenvalue weighted by atomic mass is 35.5. The summed E-state index contributed by atoms with van der Waals surface area (Å²) in [6, 6.07) is 5.47. The smallest absolute Gasteiger partial charge is 0.290 e. The summed E-state index contributed by atoms with van der Waals surface area (Å²) >= 11 is 5.76. The number of carbonyl (C=O) groups is 1. The summed E-state index contributed by atoms with van der Waals surface area (Å²) in [5, 5.41) is 0.606. The molecule has 1 aliphatic heterocycles. The molecule has 10 heteroatoms. The van der Waals surface area contributed by atoms with E-state index in [0.717, 1.165) is 28.9 Å². The summed E-state index contributed by atoms with van der Waals surface area (Å²) in [7, 11) is 0. The Morgan fingerprint density at radius 1 is 1.36 bits per heavy atom. The van der Waals surface area contributed by atoms with Gasteiger partial charge < -0.3 is 19.0 Å². The van der Waals surface area contributed by atoms with Gasteiger partial charge >= 0.3 is 0 Å². The molecule has 0 unspecified atom stereocenters. The highest BCUT2D eigenvalue weighted by molar-refractivity contribution is 6.34. The Morgan fingerprint density at radius 3 is 2.85 bits per heavy atom. The van der Waals surface area contributed by atoms with Crippen molar-refractivity contribution in [1.29, 1.82) is 0 Å². The molecule has 1 aromatic carbocycles. The lowest BCUT2D eigenvalue weighted by atomic mass is 10.1. The van der Waals surface area contributed by atoms with Crippen molar-refractivity contribution in [3.8, 4) is 0 Å². The number of fused-ring (bicyclic) bond motifs is 2. The topological polar surface area (TPSA) is 84.2 Å². The van der Waals surface area contributed by atoms with Gasteiger partial charge in [-0.3, -0.25) is 4.79 Å². The quantitative estimate of drug-likeness (QED) is 0.378. The van der Waals surface area contributed by atoms with E-state index >= 15 is 0 Å². The molecule has 3 aromatic rings. The minimum absolute atomic E-state index is 0.296. The summed E-state index contributed by atoms with van der Waals surface area (Å²) in [4.78, 5) is 25.2. The van der Waals surface area contributed by atoms with E-state index in [1.165, 1.54) is 24.5 Å². The summed E-state index contributed by atoms with van der Waals surface area (Å²) in [5.41, 5.74) is 3.71. The van der Waals surface area contributed by atoms with E-state index in [4.69, 9.17) is 20.8 Å². The summed E-state index contributed by atoms with van der Waals surface area (Å²) in [6.45, 7) is 5.70. The third-order valence-electron chi connectivity index (χ3n) is 5.19. The number of hydrogen-bond donors (Lipinski definition) is 1. The molecule has 0 saturated carbocycles. The molecule has 0 bridgehead atoms. The van der Waals surface area contributed by atoms with Crippen LogP contribution < -0.4 is 0 Å². The molecule has 4 rings (SSSR count). The fourth-order valence-corrected chi connectivity index (χ4v) is 3.25. The van der Waals surface area contributed by atoms with Gasteiger partial charge in [-0.25, -0.2) is 18.7 Å². The average molecular weight is 479 g/mol. The maximum atomic E-state index is 13.1. The van der Waals surface area contributed by atoms with Gasteiger partial charge in [-0.1, -0.05) is 24.6 Å². The number of para-hydroxylation sites is 1. The van der Waals surface area contributed by atoms with Gasteiger partial charge in [0.25, 0.3) is 12.3 Å². The lowest BCUT2D eigenvalue weighted by molar-refractivity contribution is -0.131. The number of amides is 1. The number of aromatic amines is 1. The predicted molar refractivity (Wildman–Crippen MR) is 121 cm³/mol. The number of rotatable bonds is 5. The molecule has 0 fully saturated rings. The fraction of sp³-hybridized carbons (Fsp3) is 0.348. The van der Waals surface area contributed by atoms with Gasteiger partial charge in [0.2, 0.25) is 0 Å². The maximum Gasteiger partial charge on any atom is 0.290 e. The van der Waals surface area contributed by atoms with Gasteiger partial charge in [-0.15, -0.1) is 0 Å². The molecular weight excluding hydrogens is 454 g/mol. The average Bonchev–Trinajstić information content (AvgIpc) is 3.48. The minimum atomic E-state index is -2.74. The number of halogens is 3. The van der Waals surface area contributed by atoms with Gasteiger partial charge in [-0.05, 0) is 38.0 Å². The van der Waals surface area contributed by atoms with E-state index in [2.05, 4.69) is 15.0 Å². The zero-order chi connectivity index (χ0) is 24.0. The Bertz CT molecular complexity index is 1170. The molecule has 0 saturated heterocycles. The third-order valence-corrected chi connectivity index (χ3v) is 5.48. The van der Waals surface area contributed by atoms with Crippen molar-refractivity contribution >= 4 is 28.6 Å². The molecule has 0 aliphatic carbocycles. The summed E-state index contributed by atoms with van der Waals surface area (Å²) in [6.07, 6.45) is 2.90. The lowest BCUT2D eigenvalue weighted by Crippen LogP contribution is -2.37. The Hall–Kier alpha value is -3.20. The van der Waals surface area contributed by atoms with Crippen LogP contribution in [-0.2, 0) is 22.5 Å². The first-order valence-corrected chi connectivity index (χ1v) is 10.8. The minimum Gasteiger partial charge on any atom is -0.459 e. The number of alkyl halides is 2. The van der Waals surface area contributed by atoms with E-state index in [1.54, 1.807) is 12.4 Å². The molecule has 7 nitrogen and oxygen atoms in total. The Morgan fingerprint density at radius 2 is 2.15 bits per heavy atom. The molecule has 2 aromatic heterocycles. The Balaban J connectivity index is 0.000000252. The Labute approximate surface area is 195 Å². The number of oxazole rings is 1. The number of H-pyrrole nitrogens is 1. The molecule has 176 valence electrons. The van der Waals surface area contributed by atoms with Crippen LogP contribution in [0.4, 0.5) is 8.78 Å². The third kappa shape index (κ3) is 5.98. The molecule has 33 heavy (non-hydrogen) atoms. The normalized spacial score (nSPS) is 14.5. The van der Waals surface area contributed by atoms with Gasteiger partial charge in [0, 0.05) is 18.5 Å². The first kappa shape index (κ1) is 24.4. The Kier molecular flexibility index (Phi) is 8.21.